The summed E-state index contributed by atoms with van der Waals surface area (Å²) in [5.74, 6) is 0.486. The van der Waals surface area contributed by atoms with Gasteiger partial charge in [-0.15, -0.1) is 0 Å². The lowest BCUT2D eigenvalue weighted by molar-refractivity contribution is -0.147. The molecule has 1 fully saturated rings. The van der Waals surface area contributed by atoms with E-state index in [9.17, 15) is 4.79 Å². The van der Waals surface area contributed by atoms with Crippen LogP contribution in [0.2, 0.25) is 0 Å². The fraction of sp³-hybridized carbons (Fsp3) is 0.833. The highest BCUT2D eigenvalue weighted by Gasteiger charge is 2.66. The number of hydrogen-bond donors (Lipinski definition) is 0. The Morgan fingerprint density at radius 3 is 2.48 bits per heavy atom. The molecule has 2 aliphatic rings. The monoisotopic (exact) mass is 294 g/mol. The Morgan fingerprint density at radius 1 is 1.24 bits per heavy atom. The van der Waals surface area contributed by atoms with E-state index in [-0.39, 0.29) is 17.7 Å². The first-order valence-electron chi connectivity index (χ1n) is 8.65. The molecule has 3 nitrogen and oxygen atoms in total. The largest absolute Gasteiger partial charge is 0.449 e. The number of epoxide rings is 1. The first kappa shape index (κ1) is 16.5. The molecule has 2 aliphatic heterocycles. The van der Waals surface area contributed by atoms with E-state index in [2.05, 4.69) is 27.7 Å². The van der Waals surface area contributed by atoms with Crippen LogP contribution in [0.25, 0.3) is 0 Å². The molecule has 21 heavy (non-hydrogen) atoms. The maximum Gasteiger partial charge on any atom is 0.331 e. The summed E-state index contributed by atoms with van der Waals surface area (Å²) in [6.07, 6.45) is 11.4. The van der Waals surface area contributed by atoms with E-state index in [4.69, 9.17) is 9.47 Å². The number of ether oxygens (including phenoxy) is 2. The third kappa shape index (κ3) is 3.18. The average molecular weight is 294 g/mol. The van der Waals surface area contributed by atoms with Crippen molar-refractivity contribution in [3.05, 3.63) is 12.2 Å². The lowest BCUT2D eigenvalue weighted by Crippen LogP contribution is -2.39. The van der Waals surface area contributed by atoms with Gasteiger partial charge in [-0.3, -0.25) is 0 Å². The quantitative estimate of drug-likeness (QED) is 0.467. The molecule has 0 aromatic carbocycles. The van der Waals surface area contributed by atoms with Crippen molar-refractivity contribution in [1.29, 1.82) is 0 Å². The molecule has 0 aromatic rings. The van der Waals surface area contributed by atoms with Gasteiger partial charge in [0, 0.05) is 6.08 Å². The number of esters is 1. The van der Waals surface area contributed by atoms with Crippen LogP contribution in [0, 0.1) is 5.92 Å². The van der Waals surface area contributed by atoms with Crippen LogP contribution in [0.4, 0.5) is 0 Å². The highest BCUT2D eigenvalue weighted by Crippen LogP contribution is 2.54. The van der Waals surface area contributed by atoms with Gasteiger partial charge in [0.25, 0.3) is 0 Å². The van der Waals surface area contributed by atoms with E-state index in [1.165, 1.54) is 25.7 Å². The molecule has 0 aromatic heterocycles. The Bertz CT molecular complexity index is 403. The van der Waals surface area contributed by atoms with Crippen molar-refractivity contribution >= 4 is 5.97 Å². The third-order valence-corrected chi connectivity index (χ3v) is 5.34. The number of carbonyl (C=O) groups excluding carboxylic acids is 1. The minimum atomic E-state index is -0.518. The Kier molecular flexibility index (Phi) is 5.13. The summed E-state index contributed by atoms with van der Waals surface area (Å²) >= 11 is 0. The van der Waals surface area contributed by atoms with E-state index in [0.29, 0.717) is 5.92 Å². The average Bonchev–Trinajstić information content (AvgIpc) is 3.11. The summed E-state index contributed by atoms with van der Waals surface area (Å²) in [6.45, 7) is 8.77. The molecule has 0 amide bonds. The van der Waals surface area contributed by atoms with Gasteiger partial charge in [0.1, 0.15) is 6.10 Å². The highest BCUT2D eigenvalue weighted by molar-refractivity contribution is 5.85. The normalized spacial score (nSPS) is 35.8. The number of rotatable bonds is 9. The number of carbonyl (C=O) groups is 1. The summed E-state index contributed by atoms with van der Waals surface area (Å²) < 4.78 is 11.8. The van der Waals surface area contributed by atoms with Crippen molar-refractivity contribution in [2.75, 3.05) is 0 Å². The van der Waals surface area contributed by atoms with Crippen LogP contribution in [0.5, 0.6) is 0 Å². The molecule has 0 bridgehead atoms. The summed E-state index contributed by atoms with van der Waals surface area (Å²) in [7, 11) is 0. The second kappa shape index (κ2) is 6.51. The van der Waals surface area contributed by atoms with Gasteiger partial charge in [0.05, 0.1) is 5.60 Å². The van der Waals surface area contributed by atoms with Crippen molar-refractivity contribution in [2.45, 2.75) is 89.9 Å². The summed E-state index contributed by atoms with van der Waals surface area (Å²) in [6, 6.07) is 0. The third-order valence-electron chi connectivity index (χ3n) is 5.34. The van der Waals surface area contributed by atoms with Gasteiger partial charge in [0.2, 0.25) is 0 Å². The maximum absolute atomic E-state index is 11.5. The van der Waals surface area contributed by atoms with Gasteiger partial charge in [0.15, 0.2) is 5.60 Å². The second-order valence-electron chi connectivity index (χ2n) is 6.60. The highest BCUT2D eigenvalue weighted by atomic mass is 16.7. The smallest absolute Gasteiger partial charge is 0.331 e. The molecule has 0 unspecified atom stereocenters. The summed E-state index contributed by atoms with van der Waals surface area (Å²) in [5.41, 5.74) is -0.602. The van der Waals surface area contributed by atoms with Gasteiger partial charge in [-0.05, 0) is 31.3 Å². The topological polar surface area (TPSA) is 38.8 Å². The van der Waals surface area contributed by atoms with Crippen LogP contribution in [-0.4, -0.2) is 23.3 Å². The molecule has 0 radical (unpaired) electrons. The molecule has 2 rings (SSSR count). The van der Waals surface area contributed by atoms with Crippen molar-refractivity contribution in [3.8, 4) is 0 Å². The molecule has 0 spiro atoms. The van der Waals surface area contributed by atoms with Crippen LogP contribution in [-0.2, 0) is 14.3 Å². The van der Waals surface area contributed by atoms with E-state index in [1.54, 1.807) is 6.08 Å². The Labute approximate surface area is 129 Å². The maximum atomic E-state index is 11.5. The molecule has 3 heteroatoms. The van der Waals surface area contributed by atoms with Gasteiger partial charge in [-0.25, -0.2) is 4.79 Å². The van der Waals surface area contributed by atoms with Crippen LogP contribution in [0.1, 0.15) is 72.6 Å². The van der Waals surface area contributed by atoms with Gasteiger partial charge < -0.3 is 9.47 Å². The SMILES string of the molecule is CCCC[C@H](CC)C[C@]1(CC)O[C@H]1[C@]1(CC)C=CC(=O)O1. The molecule has 0 aliphatic carbocycles. The molecule has 120 valence electrons. The Morgan fingerprint density at radius 2 is 2.00 bits per heavy atom. The zero-order valence-corrected chi connectivity index (χ0v) is 14.0. The number of cyclic esters (lactones) is 1. The van der Waals surface area contributed by atoms with Crippen LogP contribution >= 0.6 is 0 Å². The summed E-state index contributed by atoms with van der Waals surface area (Å²) in [5, 5.41) is 0. The number of hydrogen-bond acceptors (Lipinski definition) is 3. The van der Waals surface area contributed by atoms with E-state index >= 15 is 0 Å². The fourth-order valence-electron chi connectivity index (χ4n) is 3.73. The van der Waals surface area contributed by atoms with Gasteiger partial charge in [-0.2, -0.15) is 0 Å². The lowest BCUT2D eigenvalue weighted by Gasteiger charge is -2.26. The molecule has 0 N–H and O–H groups in total. The molecule has 1 saturated heterocycles. The molecular weight excluding hydrogens is 264 g/mol. The van der Waals surface area contributed by atoms with Gasteiger partial charge >= 0.3 is 5.97 Å². The molecular formula is C18H30O3. The molecule has 0 saturated carbocycles. The van der Waals surface area contributed by atoms with Crippen molar-refractivity contribution in [1.82, 2.24) is 0 Å². The standard InChI is InChI=1S/C18H30O3/c1-5-9-10-14(6-2)13-18(8-4)16(21-18)17(7-3)12-11-15(19)20-17/h11-12,14,16H,5-10,13H2,1-4H3/t14-,16-,17-,18-/m0/s1. The van der Waals surface area contributed by atoms with Crippen molar-refractivity contribution < 1.29 is 14.3 Å². The van der Waals surface area contributed by atoms with E-state index < -0.39 is 5.60 Å². The lowest BCUT2D eigenvalue weighted by atomic mass is 9.80. The van der Waals surface area contributed by atoms with Gasteiger partial charge in [-0.1, -0.05) is 53.4 Å². The Hall–Kier alpha value is -0.830. The minimum absolute atomic E-state index is 0.0402. The molecule has 4 atom stereocenters. The first-order valence-corrected chi connectivity index (χ1v) is 8.65. The predicted molar refractivity (Wildman–Crippen MR) is 84.1 cm³/mol. The zero-order chi connectivity index (χ0) is 15.5. The van der Waals surface area contributed by atoms with Crippen LogP contribution in [0.15, 0.2) is 12.2 Å². The zero-order valence-electron chi connectivity index (χ0n) is 14.0. The Balaban J connectivity index is 2.04. The van der Waals surface area contributed by atoms with Crippen LogP contribution in [0.3, 0.4) is 0 Å². The minimum Gasteiger partial charge on any atom is -0.449 e. The van der Waals surface area contributed by atoms with Crippen molar-refractivity contribution in [3.63, 3.8) is 0 Å². The second-order valence-corrected chi connectivity index (χ2v) is 6.60. The molecule has 2 heterocycles. The first-order chi connectivity index (χ1) is 10.1. The van der Waals surface area contributed by atoms with E-state index in [0.717, 1.165) is 19.3 Å². The fourth-order valence-corrected chi connectivity index (χ4v) is 3.73. The predicted octanol–water partition coefficient (Wildman–Crippen LogP) is 4.40. The number of unbranched alkanes of at least 4 members (excludes halogenated alkanes) is 1. The van der Waals surface area contributed by atoms with E-state index in [1.807, 2.05) is 6.08 Å². The van der Waals surface area contributed by atoms with Crippen LogP contribution < -0.4 is 0 Å². The summed E-state index contributed by atoms with van der Waals surface area (Å²) in [4.78, 5) is 11.5. The van der Waals surface area contributed by atoms with Crippen molar-refractivity contribution in [2.24, 2.45) is 5.92 Å².